The van der Waals surface area contributed by atoms with E-state index in [-0.39, 0.29) is 17.7 Å². The largest absolute Gasteiger partial charge is 0.497 e. The van der Waals surface area contributed by atoms with Gasteiger partial charge in [-0.3, -0.25) is 9.59 Å². The van der Waals surface area contributed by atoms with Gasteiger partial charge >= 0.3 is 0 Å². The monoisotopic (exact) mass is 370 g/mol. The Labute approximate surface area is 159 Å². The molecule has 0 saturated carbocycles. The number of ether oxygens (including phenoxy) is 1. The van der Waals surface area contributed by atoms with Crippen LogP contribution in [-0.2, 0) is 16.1 Å². The molecule has 3 N–H and O–H groups in total. The second-order valence-corrected chi connectivity index (χ2v) is 7.42. The molecule has 1 aliphatic rings. The summed E-state index contributed by atoms with van der Waals surface area (Å²) in [5.74, 6) is 0.566. The minimum Gasteiger partial charge on any atom is -0.497 e. The zero-order chi connectivity index (χ0) is 19.4. The van der Waals surface area contributed by atoms with Crippen LogP contribution in [0.15, 0.2) is 36.4 Å². The van der Waals surface area contributed by atoms with Crippen molar-refractivity contribution in [2.45, 2.75) is 19.4 Å². The fourth-order valence-corrected chi connectivity index (χ4v) is 3.76. The highest BCUT2D eigenvalue weighted by Gasteiger charge is 2.29. The zero-order valence-corrected chi connectivity index (χ0v) is 16.0. The summed E-state index contributed by atoms with van der Waals surface area (Å²) in [6.07, 6.45) is 1.78. The molecule has 1 unspecified atom stereocenters. The molecule has 2 amide bonds. The van der Waals surface area contributed by atoms with E-state index in [4.69, 9.17) is 10.5 Å². The number of benzene rings is 2. The van der Waals surface area contributed by atoms with Gasteiger partial charge in [-0.15, -0.1) is 0 Å². The number of methoxy groups -OCH3 is 1. The molecule has 0 aromatic heterocycles. The van der Waals surface area contributed by atoms with Gasteiger partial charge in [-0.05, 0) is 47.4 Å². The van der Waals surface area contributed by atoms with Crippen molar-refractivity contribution in [2.24, 2.45) is 11.7 Å². The van der Waals surface area contributed by atoms with Gasteiger partial charge in [-0.1, -0.05) is 18.2 Å². The van der Waals surface area contributed by atoms with E-state index in [1.807, 2.05) is 31.3 Å². The third-order valence-electron chi connectivity index (χ3n) is 5.38. The van der Waals surface area contributed by atoms with Crippen molar-refractivity contribution in [3.8, 4) is 5.75 Å². The molecule has 1 aliphatic heterocycles. The number of fused-ring (bicyclic) bond motifs is 1. The van der Waals surface area contributed by atoms with E-state index in [9.17, 15) is 9.59 Å². The lowest BCUT2D eigenvalue weighted by molar-refractivity contribution is -0.899. The molecule has 27 heavy (non-hydrogen) atoms. The standard InChI is InChI=1S/C21H27N3O3/c1-23(20(25)14-24-9-3-4-18(13-24)21(22)26)12-15-5-6-17-11-19(27-2)8-7-16(17)10-15/h5-8,10-11,18H,3-4,9,12-14H2,1-2H3,(H2,22,26)/p+1/t18-/m0/s1. The van der Waals surface area contributed by atoms with E-state index in [2.05, 4.69) is 12.1 Å². The fourth-order valence-electron chi connectivity index (χ4n) is 3.76. The van der Waals surface area contributed by atoms with E-state index in [1.165, 1.54) is 0 Å². The Kier molecular flexibility index (Phi) is 5.96. The van der Waals surface area contributed by atoms with Gasteiger partial charge in [0, 0.05) is 13.6 Å². The molecule has 1 heterocycles. The first-order valence-electron chi connectivity index (χ1n) is 9.40. The lowest BCUT2D eigenvalue weighted by Gasteiger charge is -2.29. The van der Waals surface area contributed by atoms with Crippen molar-refractivity contribution in [3.05, 3.63) is 42.0 Å². The Hall–Kier alpha value is -2.60. The van der Waals surface area contributed by atoms with Gasteiger partial charge in [0.25, 0.3) is 5.91 Å². The molecule has 2 aromatic carbocycles. The van der Waals surface area contributed by atoms with Crippen LogP contribution in [0.2, 0.25) is 0 Å². The Morgan fingerprint density at radius 1 is 1.22 bits per heavy atom. The maximum absolute atomic E-state index is 12.6. The van der Waals surface area contributed by atoms with Crippen molar-refractivity contribution < 1.29 is 19.2 Å². The number of amides is 2. The van der Waals surface area contributed by atoms with E-state index in [0.717, 1.165) is 46.4 Å². The topological polar surface area (TPSA) is 77.1 Å². The Morgan fingerprint density at radius 3 is 2.70 bits per heavy atom. The number of quaternary nitrogens is 1. The number of likely N-dealkylation sites (tertiary alicyclic amines) is 1. The predicted octanol–water partition coefficient (Wildman–Crippen LogP) is 0.587. The van der Waals surface area contributed by atoms with Crippen LogP contribution in [0.4, 0.5) is 0 Å². The van der Waals surface area contributed by atoms with E-state index in [1.54, 1.807) is 12.0 Å². The van der Waals surface area contributed by atoms with Crippen LogP contribution in [0, 0.1) is 5.92 Å². The van der Waals surface area contributed by atoms with Crippen LogP contribution in [-0.4, -0.2) is 50.5 Å². The number of likely N-dealkylation sites (N-methyl/N-ethyl adjacent to an activating group) is 1. The minimum absolute atomic E-state index is 0.0879. The molecule has 2 aromatic rings. The number of nitrogens with zero attached hydrogens (tertiary/aromatic N) is 1. The van der Waals surface area contributed by atoms with E-state index < -0.39 is 0 Å². The molecule has 144 valence electrons. The molecule has 0 spiro atoms. The number of piperidine rings is 1. The third-order valence-corrected chi connectivity index (χ3v) is 5.38. The molecule has 3 rings (SSSR count). The van der Waals surface area contributed by atoms with Gasteiger partial charge in [-0.2, -0.15) is 0 Å². The van der Waals surface area contributed by atoms with Crippen LogP contribution >= 0.6 is 0 Å². The first-order chi connectivity index (χ1) is 13.0. The first kappa shape index (κ1) is 19.2. The first-order valence-corrected chi connectivity index (χ1v) is 9.40. The Morgan fingerprint density at radius 2 is 1.96 bits per heavy atom. The quantitative estimate of drug-likeness (QED) is 0.781. The normalized spacial score (nSPS) is 19.6. The van der Waals surface area contributed by atoms with Crippen LogP contribution in [0.5, 0.6) is 5.75 Å². The second-order valence-electron chi connectivity index (χ2n) is 7.42. The number of nitrogens with one attached hydrogen (secondary N) is 1. The number of nitrogens with two attached hydrogens (primary N) is 1. The summed E-state index contributed by atoms with van der Waals surface area (Å²) in [5, 5.41) is 2.24. The summed E-state index contributed by atoms with van der Waals surface area (Å²) in [4.78, 5) is 26.9. The average molecular weight is 370 g/mol. The highest BCUT2D eigenvalue weighted by molar-refractivity contribution is 5.84. The molecule has 0 bridgehead atoms. The van der Waals surface area contributed by atoms with Crippen molar-refractivity contribution >= 4 is 22.6 Å². The number of primary amides is 1. The molecule has 6 heteroatoms. The van der Waals surface area contributed by atoms with Crippen molar-refractivity contribution in [1.29, 1.82) is 0 Å². The molecule has 6 nitrogen and oxygen atoms in total. The van der Waals surface area contributed by atoms with Crippen LogP contribution in [0.3, 0.4) is 0 Å². The summed E-state index contributed by atoms with van der Waals surface area (Å²) in [6, 6.07) is 12.2. The van der Waals surface area contributed by atoms with Gasteiger partial charge in [0.2, 0.25) is 5.91 Å². The van der Waals surface area contributed by atoms with Gasteiger partial charge in [0.15, 0.2) is 6.54 Å². The van der Waals surface area contributed by atoms with Crippen molar-refractivity contribution in [3.63, 3.8) is 0 Å². The SMILES string of the molecule is COc1ccc2cc(CN(C)C(=O)C[NH+]3CCC[C@H](C(N)=O)C3)ccc2c1. The average Bonchev–Trinajstić information content (AvgIpc) is 2.67. The number of carbonyl (C=O) groups is 2. The van der Waals surface area contributed by atoms with E-state index in [0.29, 0.717) is 19.6 Å². The van der Waals surface area contributed by atoms with Crippen LogP contribution < -0.4 is 15.4 Å². The molecule has 0 radical (unpaired) electrons. The lowest BCUT2D eigenvalue weighted by Crippen LogP contribution is -3.14. The van der Waals surface area contributed by atoms with Gasteiger partial charge in [0.05, 0.1) is 26.1 Å². The number of hydrogen-bond donors (Lipinski definition) is 2. The van der Waals surface area contributed by atoms with E-state index >= 15 is 0 Å². The molecular formula is C21H28N3O3+. The molecule has 1 saturated heterocycles. The van der Waals surface area contributed by atoms with Crippen LogP contribution in [0.1, 0.15) is 18.4 Å². The zero-order valence-electron chi connectivity index (χ0n) is 16.0. The second kappa shape index (κ2) is 8.39. The Balaban J connectivity index is 1.60. The smallest absolute Gasteiger partial charge is 0.277 e. The van der Waals surface area contributed by atoms with Gasteiger partial charge in [0.1, 0.15) is 5.75 Å². The molecular weight excluding hydrogens is 342 g/mol. The Bertz CT molecular complexity index is 837. The molecule has 0 aliphatic carbocycles. The van der Waals surface area contributed by atoms with Gasteiger partial charge < -0.3 is 20.3 Å². The maximum atomic E-state index is 12.6. The van der Waals surface area contributed by atoms with Crippen molar-refractivity contribution in [2.75, 3.05) is 33.8 Å². The molecule has 2 atom stereocenters. The highest BCUT2D eigenvalue weighted by Crippen LogP contribution is 2.22. The maximum Gasteiger partial charge on any atom is 0.277 e. The lowest BCUT2D eigenvalue weighted by atomic mass is 9.97. The number of carbonyl (C=O) groups excluding carboxylic acids is 2. The van der Waals surface area contributed by atoms with Crippen LogP contribution in [0.25, 0.3) is 10.8 Å². The summed E-state index contributed by atoms with van der Waals surface area (Å²) >= 11 is 0. The summed E-state index contributed by atoms with van der Waals surface area (Å²) in [6.45, 7) is 2.55. The van der Waals surface area contributed by atoms with Gasteiger partial charge in [-0.25, -0.2) is 0 Å². The molecule has 1 fully saturated rings. The predicted molar refractivity (Wildman–Crippen MR) is 104 cm³/mol. The number of hydrogen-bond acceptors (Lipinski definition) is 3. The number of rotatable bonds is 6. The fraction of sp³-hybridized carbons (Fsp3) is 0.429. The third kappa shape index (κ3) is 4.77. The van der Waals surface area contributed by atoms with Crippen molar-refractivity contribution in [1.82, 2.24) is 4.90 Å². The summed E-state index contributed by atoms with van der Waals surface area (Å²) in [7, 11) is 3.49. The highest BCUT2D eigenvalue weighted by atomic mass is 16.5. The summed E-state index contributed by atoms with van der Waals surface area (Å²) in [5.41, 5.74) is 6.52. The summed E-state index contributed by atoms with van der Waals surface area (Å²) < 4.78 is 5.26. The minimum atomic E-state index is -0.249.